The Hall–Kier alpha value is -0.220. The summed E-state index contributed by atoms with van der Waals surface area (Å²) in [5.41, 5.74) is -0.287. The second-order valence-electron chi connectivity index (χ2n) is 2.59. The minimum Gasteiger partial charge on any atom is -0.166 e. The Morgan fingerprint density at radius 1 is 1.31 bits per heavy atom. The molecule has 0 unspecified atom stereocenters. The summed E-state index contributed by atoms with van der Waals surface area (Å²) in [5.74, 6) is 0. The van der Waals surface area contributed by atoms with Gasteiger partial charge < -0.3 is 0 Å². The number of benzene rings is 1. The number of hydrogen-bond acceptors (Lipinski definition) is 0. The van der Waals surface area contributed by atoms with E-state index in [1.165, 1.54) is 6.92 Å². The molecule has 0 aliphatic rings. The minimum absolute atomic E-state index is 0.265. The zero-order chi connectivity index (χ0) is 10.2. The molecule has 1 aromatic rings. The van der Waals surface area contributed by atoms with Crippen molar-refractivity contribution in [2.75, 3.05) is 0 Å². The van der Waals surface area contributed by atoms with E-state index in [0.29, 0.717) is 10.6 Å². The van der Waals surface area contributed by atoms with Crippen molar-refractivity contribution < 1.29 is 13.2 Å². The third-order valence-corrected chi connectivity index (χ3v) is 2.89. The van der Waals surface area contributed by atoms with Gasteiger partial charge in [-0.3, -0.25) is 0 Å². The summed E-state index contributed by atoms with van der Waals surface area (Å²) in [6.45, 7) is 1.53. The summed E-state index contributed by atoms with van der Waals surface area (Å²) >= 11 is 8.64. The van der Waals surface area contributed by atoms with E-state index in [1.54, 1.807) is 0 Å². The first-order valence-corrected chi connectivity index (χ1v) is 4.52. The Morgan fingerprint density at radius 3 is 2.23 bits per heavy atom. The summed E-state index contributed by atoms with van der Waals surface area (Å²) in [6, 6.07) is 1.99. The van der Waals surface area contributed by atoms with E-state index in [4.69, 9.17) is 11.6 Å². The molecule has 0 aliphatic heterocycles. The highest BCUT2D eigenvalue weighted by atomic mass is 79.9. The third-order valence-electron chi connectivity index (χ3n) is 1.54. The van der Waals surface area contributed by atoms with Gasteiger partial charge >= 0.3 is 6.18 Å². The van der Waals surface area contributed by atoms with Crippen molar-refractivity contribution in [3.8, 4) is 0 Å². The molecule has 0 aliphatic carbocycles. The molecule has 0 saturated carbocycles. The van der Waals surface area contributed by atoms with E-state index in [1.807, 2.05) is 0 Å². The zero-order valence-electron chi connectivity index (χ0n) is 6.54. The summed E-state index contributed by atoms with van der Waals surface area (Å²) < 4.78 is 36.9. The highest BCUT2D eigenvalue weighted by Crippen LogP contribution is 2.35. The molecular formula is C8H5BrClF3. The van der Waals surface area contributed by atoms with Crippen LogP contribution in [-0.2, 0) is 6.18 Å². The summed E-state index contributed by atoms with van der Waals surface area (Å²) in [5, 5.41) is 0.313. The van der Waals surface area contributed by atoms with Crippen molar-refractivity contribution in [3.63, 3.8) is 0 Å². The van der Waals surface area contributed by atoms with Crippen LogP contribution in [0.1, 0.15) is 11.1 Å². The van der Waals surface area contributed by atoms with Gasteiger partial charge in [0.25, 0.3) is 0 Å². The lowest BCUT2D eigenvalue weighted by molar-refractivity contribution is -0.137. The van der Waals surface area contributed by atoms with Crippen LogP contribution in [0.15, 0.2) is 16.6 Å². The SMILES string of the molecule is Cc1cc(C(F)(F)F)cc(Br)c1Cl. The molecule has 0 heterocycles. The van der Waals surface area contributed by atoms with Gasteiger partial charge in [0.1, 0.15) is 0 Å². The van der Waals surface area contributed by atoms with Gasteiger partial charge in [-0.2, -0.15) is 13.2 Å². The molecule has 0 fully saturated rings. The van der Waals surface area contributed by atoms with E-state index in [-0.39, 0.29) is 4.47 Å². The number of rotatable bonds is 0. The first-order chi connectivity index (χ1) is 5.82. The normalized spacial score (nSPS) is 11.8. The van der Waals surface area contributed by atoms with Gasteiger partial charge in [-0.25, -0.2) is 0 Å². The maximum absolute atomic E-state index is 12.2. The molecular weight excluding hydrogens is 268 g/mol. The molecule has 1 aromatic carbocycles. The van der Waals surface area contributed by atoms with Gasteiger partial charge in [0.15, 0.2) is 0 Å². The summed E-state index contributed by atoms with van der Waals surface area (Å²) in [4.78, 5) is 0. The third kappa shape index (κ3) is 2.38. The molecule has 0 saturated heterocycles. The van der Waals surface area contributed by atoms with Gasteiger partial charge in [0.05, 0.1) is 10.6 Å². The average Bonchev–Trinajstić information content (AvgIpc) is 1.97. The molecule has 1 rings (SSSR count). The number of hydrogen-bond donors (Lipinski definition) is 0. The first kappa shape index (κ1) is 10.9. The van der Waals surface area contributed by atoms with Crippen molar-refractivity contribution in [1.82, 2.24) is 0 Å². The topological polar surface area (TPSA) is 0 Å². The lowest BCUT2D eigenvalue weighted by Crippen LogP contribution is -2.05. The lowest BCUT2D eigenvalue weighted by atomic mass is 10.1. The van der Waals surface area contributed by atoms with Crippen LogP contribution in [0.3, 0.4) is 0 Å². The standard InChI is InChI=1S/C8H5BrClF3/c1-4-2-5(8(11,12)13)3-6(9)7(4)10/h2-3H,1H3. The van der Waals surface area contributed by atoms with Gasteiger partial charge in [-0.1, -0.05) is 11.6 Å². The van der Waals surface area contributed by atoms with Gasteiger partial charge in [0, 0.05) is 4.47 Å². The molecule has 5 heteroatoms. The maximum Gasteiger partial charge on any atom is 0.416 e. The predicted octanol–water partition coefficient (Wildman–Crippen LogP) is 4.43. The first-order valence-electron chi connectivity index (χ1n) is 3.35. The van der Waals surface area contributed by atoms with Crippen LogP contribution in [-0.4, -0.2) is 0 Å². The fraction of sp³-hybridized carbons (Fsp3) is 0.250. The molecule has 0 spiro atoms. The summed E-state index contributed by atoms with van der Waals surface area (Å²) in [6.07, 6.45) is -4.32. The largest absolute Gasteiger partial charge is 0.416 e. The highest BCUT2D eigenvalue weighted by molar-refractivity contribution is 9.10. The molecule has 0 aromatic heterocycles. The van der Waals surface area contributed by atoms with E-state index < -0.39 is 11.7 Å². The number of halogens is 5. The van der Waals surface area contributed by atoms with Gasteiger partial charge in [-0.05, 0) is 40.5 Å². The maximum atomic E-state index is 12.2. The van der Waals surface area contributed by atoms with E-state index in [0.717, 1.165) is 12.1 Å². The Labute approximate surface area is 86.8 Å². The van der Waals surface area contributed by atoms with Crippen molar-refractivity contribution >= 4 is 27.5 Å². The van der Waals surface area contributed by atoms with Crippen molar-refractivity contribution in [3.05, 3.63) is 32.8 Å². The van der Waals surface area contributed by atoms with Crippen LogP contribution in [0.5, 0.6) is 0 Å². The summed E-state index contributed by atoms with van der Waals surface area (Å²) in [7, 11) is 0. The minimum atomic E-state index is -4.32. The van der Waals surface area contributed by atoms with Crippen LogP contribution in [0, 0.1) is 6.92 Å². The molecule has 0 bridgehead atoms. The Bertz CT molecular complexity index is 310. The Morgan fingerprint density at radius 2 is 1.85 bits per heavy atom. The van der Waals surface area contributed by atoms with Crippen LogP contribution in [0.4, 0.5) is 13.2 Å². The molecule has 0 nitrogen and oxygen atoms in total. The highest BCUT2D eigenvalue weighted by Gasteiger charge is 2.31. The van der Waals surface area contributed by atoms with Crippen LogP contribution in [0.25, 0.3) is 0 Å². The van der Waals surface area contributed by atoms with E-state index in [2.05, 4.69) is 15.9 Å². The second kappa shape index (κ2) is 3.50. The van der Waals surface area contributed by atoms with Crippen LogP contribution >= 0.6 is 27.5 Å². The quantitative estimate of drug-likeness (QED) is 0.656. The van der Waals surface area contributed by atoms with E-state index >= 15 is 0 Å². The molecule has 0 amide bonds. The lowest BCUT2D eigenvalue weighted by Gasteiger charge is -2.09. The second-order valence-corrected chi connectivity index (χ2v) is 3.82. The number of alkyl halides is 3. The van der Waals surface area contributed by atoms with Crippen LogP contribution < -0.4 is 0 Å². The number of aryl methyl sites for hydroxylation is 1. The molecule has 0 atom stereocenters. The molecule has 0 radical (unpaired) electrons. The Balaban J connectivity index is 3.29. The molecule has 72 valence electrons. The average molecular weight is 273 g/mol. The molecule has 0 N–H and O–H groups in total. The molecule has 13 heavy (non-hydrogen) atoms. The van der Waals surface area contributed by atoms with Crippen molar-refractivity contribution in [2.24, 2.45) is 0 Å². The Kier molecular flexibility index (Phi) is 2.92. The van der Waals surface area contributed by atoms with Crippen LogP contribution in [0.2, 0.25) is 5.02 Å². The predicted molar refractivity (Wildman–Crippen MR) is 48.9 cm³/mol. The van der Waals surface area contributed by atoms with Crippen molar-refractivity contribution in [1.29, 1.82) is 0 Å². The fourth-order valence-electron chi connectivity index (χ4n) is 0.890. The van der Waals surface area contributed by atoms with E-state index in [9.17, 15) is 13.2 Å². The zero-order valence-corrected chi connectivity index (χ0v) is 8.89. The van der Waals surface area contributed by atoms with Crippen molar-refractivity contribution in [2.45, 2.75) is 13.1 Å². The smallest absolute Gasteiger partial charge is 0.166 e. The van der Waals surface area contributed by atoms with Gasteiger partial charge in [-0.15, -0.1) is 0 Å². The monoisotopic (exact) mass is 272 g/mol. The fourth-order valence-corrected chi connectivity index (χ4v) is 1.56. The van der Waals surface area contributed by atoms with Gasteiger partial charge in [0.2, 0.25) is 0 Å².